The minimum atomic E-state index is 0.0374. The minimum Gasteiger partial charge on any atom is -0.340 e. The van der Waals surface area contributed by atoms with Crippen molar-refractivity contribution in [2.45, 2.75) is 30.0 Å². The number of benzene rings is 1. The highest BCUT2D eigenvalue weighted by Gasteiger charge is 2.30. The Kier molecular flexibility index (Phi) is 3.85. The van der Waals surface area contributed by atoms with Gasteiger partial charge in [-0.05, 0) is 47.4 Å². The molecule has 0 saturated heterocycles. The van der Waals surface area contributed by atoms with Crippen molar-refractivity contribution in [3.05, 3.63) is 51.7 Å². The number of thioether (sulfide) groups is 1. The molecule has 3 rings (SSSR count). The summed E-state index contributed by atoms with van der Waals surface area (Å²) in [5, 5.41) is 4.19. The van der Waals surface area contributed by atoms with Gasteiger partial charge in [-0.2, -0.15) is 11.3 Å². The zero-order valence-corrected chi connectivity index (χ0v) is 13.3. The standard InChI is InChI=1S/C16H17NOS2/c1-11-3-4-13-8-15(20-14(13)7-11)16(18)17(2)9-12-5-6-19-10-12/h3-7,10,15H,8-9H2,1-2H3. The van der Waals surface area contributed by atoms with E-state index in [1.165, 1.54) is 21.6 Å². The van der Waals surface area contributed by atoms with Crippen molar-refractivity contribution in [2.24, 2.45) is 0 Å². The zero-order chi connectivity index (χ0) is 14.1. The molecular weight excluding hydrogens is 286 g/mol. The van der Waals surface area contributed by atoms with Gasteiger partial charge < -0.3 is 4.90 Å². The summed E-state index contributed by atoms with van der Waals surface area (Å²) in [6.07, 6.45) is 0.854. The first kappa shape index (κ1) is 13.7. The van der Waals surface area contributed by atoms with Crippen LogP contribution in [0.1, 0.15) is 16.7 Å². The van der Waals surface area contributed by atoms with Gasteiger partial charge in [-0.15, -0.1) is 11.8 Å². The monoisotopic (exact) mass is 303 g/mol. The van der Waals surface area contributed by atoms with Gasteiger partial charge in [0.05, 0.1) is 5.25 Å². The van der Waals surface area contributed by atoms with Crippen molar-refractivity contribution in [1.82, 2.24) is 4.90 Å². The van der Waals surface area contributed by atoms with Gasteiger partial charge in [0.25, 0.3) is 0 Å². The molecule has 1 aromatic carbocycles. The van der Waals surface area contributed by atoms with Gasteiger partial charge in [-0.3, -0.25) is 4.79 Å². The molecule has 2 heterocycles. The van der Waals surface area contributed by atoms with Crippen LogP contribution in [0.5, 0.6) is 0 Å². The summed E-state index contributed by atoms with van der Waals surface area (Å²) < 4.78 is 0. The van der Waals surface area contributed by atoms with E-state index < -0.39 is 0 Å². The molecule has 0 N–H and O–H groups in total. The van der Waals surface area contributed by atoms with Crippen LogP contribution in [0.25, 0.3) is 0 Å². The lowest BCUT2D eigenvalue weighted by atomic mass is 10.1. The fraction of sp³-hybridized carbons (Fsp3) is 0.312. The predicted octanol–water partition coefficient (Wildman–Crippen LogP) is 3.73. The molecule has 0 bridgehead atoms. The smallest absolute Gasteiger partial charge is 0.236 e. The molecular formula is C16H17NOS2. The summed E-state index contributed by atoms with van der Waals surface area (Å²) >= 11 is 3.38. The molecule has 1 atom stereocenters. The van der Waals surface area contributed by atoms with Crippen LogP contribution in [0.3, 0.4) is 0 Å². The third-order valence-electron chi connectivity index (χ3n) is 3.55. The van der Waals surface area contributed by atoms with Crippen LogP contribution < -0.4 is 0 Å². The summed E-state index contributed by atoms with van der Waals surface area (Å²) in [6, 6.07) is 8.55. The van der Waals surface area contributed by atoms with Crippen molar-refractivity contribution in [2.75, 3.05) is 7.05 Å². The van der Waals surface area contributed by atoms with E-state index in [-0.39, 0.29) is 11.2 Å². The van der Waals surface area contributed by atoms with E-state index >= 15 is 0 Å². The van der Waals surface area contributed by atoms with Crippen LogP contribution in [0, 0.1) is 6.92 Å². The molecule has 104 valence electrons. The highest BCUT2D eigenvalue weighted by atomic mass is 32.2. The number of hydrogen-bond donors (Lipinski definition) is 0. The number of fused-ring (bicyclic) bond motifs is 1. The van der Waals surface area contributed by atoms with Gasteiger partial charge in [-0.25, -0.2) is 0 Å². The lowest BCUT2D eigenvalue weighted by Gasteiger charge is -2.20. The normalized spacial score (nSPS) is 17.0. The average molecular weight is 303 g/mol. The Labute approximate surface area is 127 Å². The molecule has 2 aromatic rings. The van der Waals surface area contributed by atoms with E-state index in [1.54, 1.807) is 23.1 Å². The topological polar surface area (TPSA) is 20.3 Å². The lowest BCUT2D eigenvalue weighted by molar-refractivity contribution is -0.129. The van der Waals surface area contributed by atoms with Gasteiger partial charge in [0, 0.05) is 18.5 Å². The quantitative estimate of drug-likeness (QED) is 0.861. The number of nitrogens with zero attached hydrogens (tertiary/aromatic N) is 1. The average Bonchev–Trinajstić information content (AvgIpc) is 3.06. The van der Waals surface area contributed by atoms with Crippen LogP contribution in [0.15, 0.2) is 39.9 Å². The number of carbonyl (C=O) groups is 1. The van der Waals surface area contributed by atoms with E-state index in [2.05, 4.69) is 41.9 Å². The Bertz CT molecular complexity index is 621. The molecule has 0 fully saturated rings. The van der Waals surface area contributed by atoms with Crippen molar-refractivity contribution in [3.63, 3.8) is 0 Å². The first-order valence-electron chi connectivity index (χ1n) is 6.66. The van der Waals surface area contributed by atoms with Crippen LogP contribution in [0.4, 0.5) is 0 Å². The first-order valence-corrected chi connectivity index (χ1v) is 8.48. The maximum Gasteiger partial charge on any atom is 0.236 e. The van der Waals surface area contributed by atoms with Crippen molar-refractivity contribution in [1.29, 1.82) is 0 Å². The fourth-order valence-electron chi connectivity index (χ4n) is 2.45. The zero-order valence-electron chi connectivity index (χ0n) is 11.6. The van der Waals surface area contributed by atoms with Gasteiger partial charge in [0.1, 0.15) is 0 Å². The Balaban J connectivity index is 1.67. The Morgan fingerprint density at radius 1 is 1.40 bits per heavy atom. The molecule has 1 aliphatic heterocycles. The highest BCUT2D eigenvalue weighted by Crippen LogP contribution is 2.38. The van der Waals surface area contributed by atoms with Crippen LogP contribution in [-0.4, -0.2) is 23.1 Å². The molecule has 4 heteroatoms. The highest BCUT2D eigenvalue weighted by molar-refractivity contribution is 8.01. The Hall–Kier alpha value is -1.26. The maximum absolute atomic E-state index is 12.5. The Morgan fingerprint density at radius 2 is 2.25 bits per heavy atom. The third kappa shape index (κ3) is 2.76. The van der Waals surface area contributed by atoms with Crippen LogP contribution >= 0.6 is 23.1 Å². The second-order valence-electron chi connectivity index (χ2n) is 5.25. The van der Waals surface area contributed by atoms with E-state index in [9.17, 15) is 4.79 Å². The van der Waals surface area contributed by atoms with E-state index in [0.29, 0.717) is 6.54 Å². The third-order valence-corrected chi connectivity index (χ3v) is 5.57. The lowest BCUT2D eigenvalue weighted by Crippen LogP contribution is -2.34. The number of carbonyl (C=O) groups excluding carboxylic acids is 1. The number of thiophene rings is 1. The number of aryl methyl sites for hydroxylation is 1. The van der Waals surface area contributed by atoms with Crippen molar-refractivity contribution < 1.29 is 4.79 Å². The second-order valence-corrected chi connectivity index (χ2v) is 7.27. The molecule has 1 aliphatic rings. The number of hydrogen-bond acceptors (Lipinski definition) is 3. The van der Waals surface area contributed by atoms with Crippen LogP contribution in [0.2, 0.25) is 0 Å². The molecule has 0 spiro atoms. The molecule has 20 heavy (non-hydrogen) atoms. The summed E-state index contributed by atoms with van der Waals surface area (Å²) in [5.41, 5.74) is 3.78. The summed E-state index contributed by atoms with van der Waals surface area (Å²) in [4.78, 5) is 15.6. The molecule has 1 amide bonds. The van der Waals surface area contributed by atoms with E-state index in [1.807, 2.05) is 11.9 Å². The van der Waals surface area contributed by atoms with Gasteiger partial charge in [0.2, 0.25) is 5.91 Å². The summed E-state index contributed by atoms with van der Waals surface area (Å²) in [5.74, 6) is 0.232. The SMILES string of the molecule is Cc1ccc2c(c1)SC(C(=O)N(C)Cc1ccsc1)C2. The summed E-state index contributed by atoms with van der Waals surface area (Å²) in [7, 11) is 1.90. The molecule has 0 aliphatic carbocycles. The van der Waals surface area contributed by atoms with E-state index in [4.69, 9.17) is 0 Å². The van der Waals surface area contributed by atoms with Gasteiger partial charge in [0.15, 0.2) is 0 Å². The largest absolute Gasteiger partial charge is 0.340 e. The fourth-order valence-corrected chi connectivity index (χ4v) is 4.52. The molecule has 0 saturated carbocycles. The number of rotatable bonds is 3. The van der Waals surface area contributed by atoms with Crippen molar-refractivity contribution in [3.8, 4) is 0 Å². The summed E-state index contributed by atoms with van der Waals surface area (Å²) in [6.45, 7) is 2.80. The maximum atomic E-state index is 12.5. The first-order chi connectivity index (χ1) is 9.63. The van der Waals surface area contributed by atoms with Gasteiger partial charge >= 0.3 is 0 Å². The van der Waals surface area contributed by atoms with Gasteiger partial charge in [-0.1, -0.05) is 17.7 Å². The second kappa shape index (κ2) is 5.62. The van der Waals surface area contributed by atoms with Crippen LogP contribution in [-0.2, 0) is 17.8 Å². The molecule has 0 radical (unpaired) electrons. The Morgan fingerprint density at radius 3 is 3.00 bits per heavy atom. The van der Waals surface area contributed by atoms with Crippen molar-refractivity contribution >= 4 is 29.0 Å². The number of amides is 1. The minimum absolute atomic E-state index is 0.0374. The van der Waals surface area contributed by atoms with E-state index in [0.717, 1.165) is 6.42 Å². The predicted molar refractivity (Wildman–Crippen MR) is 85.3 cm³/mol. The molecule has 1 unspecified atom stereocenters. The molecule has 1 aromatic heterocycles. The molecule has 2 nitrogen and oxygen atoms in total.